The van der Waals surface area contributed by atoms with E-state index in [0.29, 0.717) is 5.41 Å². The Morgan fingerprint density at radius 3 is 2.78 bits per heavy atom. The lowest BCUT2D eigenvalue weighted by atomic mass is 9.63. The van der Waals surface area contributed by atoms with Crippen molar-refractivity contribution >= 4 is 0 Å². The first kappa shape index (κ1) is 19.7. The molecule has 0 amide bonds. The van der Waals surface area contributed by atoms with Gasteiger partial charge in [-0.2, -0.15) is 0 Å². The van der Waals surface area contributed by atoms with Crippen LogP contribution in [-0.4, -0.2) is 49.0 Å². The summed E-state index contributed by atoms with van der Waals surface area (Å²) in [6.45, 7) is 7.94. The van der Waals surface area contributed by atoms with Gasteiger partial charge < -0.3 is 9.84 Å². The van der Waals surface area contributed by atoms with Gasteiger partial charge in [0.15, 0.2) is 0 Å². The molecule has 4 rings (SSSR count). The molecular weight excluding hydrogens is 334 g/mol. The maximum atomic E-state index is 9.94. The lowest BCUT2D eigenvalue weighted by Crippen LogP contribution is -2.39. The second kappa shape index (κ2) is 8.80. The van der Waals surface area contributed by atoms with Gasteiger partial charge in [-0.05, 0) is 88.0 Å². The lowest BCUT2D eigenvalue weighted by molar-refractivity contribution is 0.0300. The Labute approximate surface area is 165 Å². The topological polar surface area (TPSA) is 32.7 Å². The molecule has 152 valence electrons. The summed E-state index contributed by atoms with van der Waals surface area (Å²) in [4.78, 5) is 2.61. The Hall–Kier alpha value is -0.640. The number of aliphatic hydroxyl groups is 1. The number of ether oxygens (including phenoxy) is 1. The van der Waals surface area contributed by atoms with Gasteiger partial charge in [0.2, 0.25) is 0 Å². The van der Waals surface area contributed by atoms with Crippen LogP contribution in [0.3, 0.4) is 0 Å². The largest absolute Gasteiger partial charge is 0.393 e. The van der Waals surface area contributed by atoms with Gasteiger partial charge in [0.05, 0.1) is 19.3 Å². The predicted molar refractivity (Wildman–Crippen MR) is 111 cm³/mol. The quantitative estimate of drug-likeness (QED) is 0.774. The highest BCUT2D eigenvalue weighted by Crippen LogP contribution is 2.58. The summed E-state index contributed by atoms with van der Waals surface area (Å²) in [6.07, 6.45) is 17.2. The van der Waals surface area contributed by atoms with E-state index in [2.05, 4.69) is 24.0 Å². The molecule has 3 heteroatoms. The molecule has 3 unspecified atom stereocenters. The SMILES string of the molecule is CC12CCC/C(=C\C=C3\CCCC(O)C3)C1CC[C@@H]2CCN1CCOCC1. The zero-order valence-corrected chi connectivity index (χ0v) is 17.3. The van der Waals surface area contributed by atoms with Crippen molar-refractivity contribution in [3.63, 3.8) is 0 Å². The molecule has 4 atom stereocenters. The molecule has 1 N–H and O–H groups in total. The maximum absolute atomic E-state index is 9.94. The highest BCUT2D eigenvalue weighted by atomic mass is 16.5. The first-order chi connectivity index (χ1) is 13.1. The van der Waals surface area contributed by atoms with Gasteiger partial charge in [-0.25, -0.2) is 0 Å². The number of hydrogen-bond acceptors (Lipinski definition) is 3. The monoisotopic (exact) mass is 373 g/mol. The fourth-order valence-corrected chi connectivity index (χ4v) is 6.43. The van der Waals surface area contributed by atoms with Crippen molar-refractivity contribution in [2.24, 2.45) is 17.3 Å². The molecule has 3 nitrogen and oxygen atoms in total. The Kier molecular flexibility index (Phi) is 6.41. The summed E-state index contributed by atoms with van der Waals surface area (Å²) in [5.41, 5.74) is 3.70. The van der Waals surface area contributed by atoms with Gasteiger partial charge in [0.1, 0.15) is 0 Å². The third-order valence-electron chi connectivity index (χ3n) is 8.12. The molecule has 27 heavy (non-hydrogen) atoms. The number of rotatable bonds is 4. The number of allylic oxidation sites excluding steroid dienone is 3. The minimum absolute atomic E-state index is 0.101. The van der Waals surface area contributed by atoms with E-state index in [1.807, 2.05) is 0 Å². The molecule has 0 radical (unpaired) electrons. The summed E-state index contributed by atoms with van der Waals surface area (Å²) < 4.78 is 5.50. The first-order valence-electron chi connectivity index (χ1n) is 11.5. The van der Waals surface area contributed by atoms with E-state index in [-0.39, 0.29) is 6.10 Å². The van der Waals surface area contributed by atoms with E-state index in [4.69, 9.17) is 4.74 Å². The molecule has 4 aliphatic rings. The average Bonchev–Trinajstić information content (AvgIpc) is 3.02. The van der Waals surface area contributed by atoms with Gasteiger partial charge in [0, 0.05) is 13.1 Å². The Morgan fingerprint density at radius 2 is 1.96 bits per heavy atom. The minimum Gasteiger partial charge on any atom is -0.393 e. The van der Waals surface area contributed by atoms with E-state index >= 15 is 0 Å². The van der Waals surface area contributed by atoms with Gasteiger partial charge in [-0.1, -0.05) is 30.2 Å². The third kappa shape index (κ3) is 4.52. The average molecular weight is 374 g/mol. The minimum atomic E-state index is -0.101. The highest BCUT2D eigenvalue weighted by Gasteiger charge is 2.48. The normalized spacial score (nSPS) is 41.2. The van der Waals surface area contributed by atoms with Gasteiger partial charge in [-0.15, -0.1) is 0 Å². The van der Waals surface area contributed by atoms with Crippen LogP contribution in [0.25, 0.3) is 0 Å². The fourth-order valence-electron chi connectivity index (χ4n) is 6.43. The second-order valence-corrected chi connectivity index (χ2v) is 9.75. The molecule has 0 bridgehead atoms. The van der Waals surface area contributed by atoms with Crippen LogP contribution in [-0.2, 0) is 4.74 Å². The van der Waals surface area contributed by atoms with Crippen LogP contribution in [0.2, 0.25) is 0 Å². The van der Waals surface area contributed by atoms with Gasteiger partial charge in [-0.3, -0.25) is 4.90 Å². The molecule has 4 fully saturated rings. The zero-order chi connectivity index (χ0) is 18.7. The van der Waals surface area contributed by atoms with Crippen LogP contribution in [0.5, 0.6) is 0 Å². The molecule has 3 saturated carbocycles. The van der Waals surface area contributed by atoms with Crippen molar-refractivity contribution in [1.82, 2.24) is 4.90 Å². The van der Waals surface area contributed by atoms with Crippen molar-refractivity contribution in [2.75, 3.05) is 32.8 Å². The number of fused-ring (bicyclic) bond motifs is 1. The van der Waals surface area contributed by atoms with Crippen LogP contribution in [0.4, 0.5) is 0 Å². The summed E-state index contributed by atoms with van der Waals surface area (Å²) in [7, 11) is 0. The van der Waals surface area contributed by atoms with Crippen LogP contribution >= 0.6 is 0 Å². The fraction of sp³-hybridized carbons (Fsp3) is 0.833. The number of morpholine rings is 1. The van der Waals surface area contributed by atoms with Crippen molar-refractivity contribution < 1.29 is 9.84 Å². The van der Waals surface area contributed by atoms with E-state index in [1.165, 1.54) is 57.1 Å². The van der Waals surface area contributed by atoms with E-state index in [9.17, 15) is 5.11 Å². The summed E-state index contributed by atoms with van der Waals surface area (Å²) >= 11 is 0. The second-order valence-electron chi connectivity index (χ2n) is 9.75. The van der Waals surface area contributed by atoms with E-state index in [0.717, 1.165) is 57.4 Å². The molecule has 1 heterocycles. The predicted octanol–water partition coefficient (Wildman–Crippen LogP) is 4.71. The van der Waals surface area contributed by atoms with Crippen molar-refractivity contribution in [2.45, 2.75) is 77.2 Å². The third-order valence-corrected chi connectivity index (χ3v) is 8.12. The molecule has 1 saturated heterocycles. The molecule has 3 aliphatic carbocycles. The van der Waals surface area contributed by atoms with Crippen LogP contribution in [0, 0.1) is 17.3 Å². The zero-order valence-electron chi connectivity index (χ0n) is 17.3. The standard InChI is InChI=1S/C24H39NO2/c1-24-12-3-5-20(8-7-19-4-2-6-22(26)18-19)23(24)10-9-21(24)11-13-25-14-16-27-17-15-25/h7-8,21-23,26H,2-6,9-18H2,1H3/b19-7-,20-8+/t21-,22?,23?,24?/m1/s1. The number of hydrogen-bond donors (Lipinski definition) is 1. The van der Waals surface area contributed by atoms with Crippen LogP contribution in [0.1, 0.15) is 71.1 Å². The number of aliphatic hydroxyl groups excluding tert-OH is 1. The Morgan fingerprint density at radius 1 is 1.11 bits per heavy atom. The first-order valence-corrected chi connectivity index (χ1v) is 11.5. The molecule has 1 aliphatic heterocycles. The van der Waals surface area contributed by atoms with Crippen molar-refractivity contribution in [3.05, 3.63) is 23.3 Å². The smallest absolute Gasteiger partial charge is 0.0594 e. The van der Waals surface area contributed by atoms with E-state index < -0.39 is 0 Å². The van der Waals surface area contributed by atoms with Crippen LogP contribution in [0.15, 0.2) is 23.3 Å². The molecule has 0 spiro atoms. The lowest BCUT2D eigenvalue weighted by Gasteiger charge is -2.43. The maximum Gasteiger partial charge on any atom is 0.0594 e. The highest BCUT2D eigenvalue weighted by molar-refractivity contribution is 5.25. The summed E-state index contributed by atoms with van der Waals surface area (Å²) in [6, 6.07) is 0. The Balaban J connectivity index is 1.39. The van der Waals surface area contributed by atoms with Crippen molar-refractivity contribution in [3.8, 4) is 0 Å². The van der Waals surface area contributed by atoms with Gasteiger partial charge >= 0.3 is 0 Å². The molecular formula is C24H39NO2. The summed E-state index contributed by atoms with van der Waals surface area (Å²) in [5, 5.41) is 9.94. The Bertz CT molecular complexity index is 563. The molecule has 0 aromatic heterocycles. The number of nitrogens with zero attached hydrogens (tertiary/aromatic N) is 1. The summed E-state index contributed by atoms with van der Waals surface area (Å²) in [5.74, 6) is 1.68. The van der Waals surface area contributed by atoms with E-state index in [1.54, 1.807) is 5.57 Å². The van der Waals surface area contributed by atoms with Gasteiger partial charge in [0.25, 0.3) is 0 Å². The van der Waals surface area contributed by atoms with Crippen LogP contribution < -0.4 is 0 Å². The molecule has 0 aromatic carbocycles. The molecule has 0 aromatic rings. The van der Waals surface area contributed by atoms with Crippen molar-refractivity contribution in [1.29, 1.82) is 0 Å².